The summed E-state index contributed by atoms with van der Waals surface area (Å²) in [6.45, 7) is 4.74. The molecule has 0 aliphatic rings. The highest BCUT2D eigenvalue weighted by Gasteiger charge is 2.24. The predicted octanol–water partition coefficient (Wildman–Crippen LogP) is 2.28. The molecule has 1 aromatic heterocycles. The number of hydrogen-bond donors (Lipinski definition) is 3. The minimum Gasteiger partial charge on any atom is -0.311 e. The highest BCUT2D eigenvalue weighted by Crippen LogP contribution is 2.22. The summed E-state index contributed by atoms with van der Waals surface area (Å²) in [5.74, 6) is 0. The number of benzene rings is 1. The fourth-order valence-electron chi connectivity index (χ4n) is 1.91. The Balaban J connectivity index is 2.31. The topological polar surface area (TPSA) is 86.9 Å². The van der Waals surface area contributed by atoms with E-state index >= 15 is 0 Å². The van der Waals surface area contributed by atoms with E-state index in [2.05, 4.69) is 20.2 Å². The summed E-state index contributed by atoms with van der Waals surface area (Å²) in [5.41, 5.74) is 1.43. The quantitative estimate of drug-likeness (QED) is 0.759. The van der Waals surface area contributed by atoms with E-state index in [4.69, 9.17) is 11.6 Å². The Bertz CT molecular complexity index is 710. The van der Waals surface area contributed by atoms with E-state index in [9.17, 15) is 8.42 Å². The molecular formula is C13H17ClN4O2S. The molecule has 0 spiro atoms. The van der Waals surface area contributed by atoms with Crippen LogP contribution in [-0.4, -0.2) is 25.2 Å². The van der Waals surface area contributed by atoms with Gasteiger partial charge in [-0.05, 0) is 37.7 Å². The van der Waals surface area contributed by atoms with Gasteiger partial charge in [-0.2, -0.15) is 5.10 Å². The number of H-pyrrole nitrogens is 1. The number of hydrogen-bond acceptors (Lipinski definition) is 4. The first-order valence-electron chi connectivity index (χ1n) is 6.47. The molecule has 114 valence electrons. The van der Waals surface area contributed by atoms with Gasteiger partial charge in [0.1, 0.15) is 4.90 Å². The molecule has 0 aliphatic heterocycles. The van der Waals surface area contributed by atoms with Crippen LogP contribution in [0, 0.1) is 6.92 Å². The van der Waals surface area contributed by atoms with E-state index in [1.54, 1.807) is 31.2 Å². The van der Waals surface area contributed by atoms with Gasteiger partial charge in [-0.15, -0.1) is 0 Å². The van der Waals surface area contributed by atoms with Gasteiger partial charge in [-0.3, -0.25) is 9.82 Å². The third kappa shape index (κ3) is 3.75. The Hall–Kier alpha value is -1.57. The van der Waals surface area contributed by atoms with Gasteiger partial charge in [0.15, 0.2) is 0 Å². The van der Waals surface area contributed by atoms with Crippen LogP contribution in [0.3, 0.4) is 0 Å². The van der Waals surface area contributed by atoms with Crippen molar-refractivity contribution >= 4 is 27.3 Å². The Labute approximate surface area is 129 Å². The van der Waals surface area contributed by atoms with Crippen LogP contribution < -0.4 is 10.0 Å². The van der Waals surface area contributed by atoms with Gasteiger partial charge in [0, 0.05) is 17.3 Å². The average Bonchev–Trinajstić information content (AvgIpc) is 2.81. The van der Waals surface area contributed by atoms with E-state index in [-0.39, 0.29) is 4.90 Å². The molecule has 6 nitrogen and oxygen atoms in total. The monoisotopic (exact) mass is 328 g/mol. The lowest BCUT2D eigenvalue weighted by atomic mass is 10.3. The predicted molar refractivity (Wildman–Crippen MR) is 83.0 cm³/mol. The van der Waals surface area contributed by atoms with Gasteiger partial charge < -0.3 is 5.32 Å². The number of rotatable bonds is 6. The summed E-state index contributed by atoms with van der Waals surface area (Å²) in [4.78, 5) is 0.179. The lowest BCUT2D eigenvalue weighted by Gasteiger charge is -2.09. The smallest absolute Gasteiger partial charge is 0.265 e. The first-order valence-corrected chi connectivity index (χ1v) is 8.33. The minimum atomic E-state index is -3.70. The molecule has 3 N–H and O–H groups in total. The highest BCUT2D eigenvalue weighted by molar-refractivity contribution is 7.92. The summed E-state index contributed by atoms with van der Waals surface area (Å²) in [6.07, 6.45) is 0. The van der Waals surface area contributed by atoms with Crippen LogP contribution in [-0.2, 0) is 16.6 Å². The second-order valence-electron chi connectivity index (χ2n) is 4.52. The third-order valence-corrected chi connectivity index (χ3v) is 4.70. The molecule has 1 aromatic carbocycles. The van der Waals surface area contributed by atoms with Crippen molar-refractivity contribution in [2.45, 2.75) is 25.3 Å². The molecule has 21 heavy (non-hydrogen) atoms. The van der Waals surface area contributed by atoms with Crippen molar-refractivity contribution in [2.24, 2.45) is 0 Å². The Kier molecular flexibility index (Phi) is 4.87. The van der Waals surface area contributed by atoms with E-state index in [0.29, 0.717) is 28.6 Å². The normalized spacial score (nSPS) is 11.6. The van der Waals surface area contributed by atoms with Gasteiger partial charge in [0.25, 0.3) is 10.0 Å². The van der Waals surface area contributed by atoms with Crippen LogP contribution in [0.5, 0.6) is 0 Å². The lowest BCUT2D eigenvalue weighted by molar-refractivity contribution is 0.597. The summed E-state index contributed by atoms with van der Waals surface area (Å²) >= 11 is 5.79. The number of halogens is 1. The maximum Gasteiger partial charge on any atom is 0.265 e. The summed E-state index contributed by atoms with van der Waals surface area (Å²) < 4.78 is 27.6. The van der Waals surface area contributed by atoms with Crippen molar-refractivity contribution in [3.63, 3.8) is 0 Å². The SMILES string of the molecule is CCNCc1n[nH]c(C)c1S(=O)(=O)Nc1ccc(Cl)cc1. The van der Waals surface area contributed by atoms with Crippen LogP contribution >= 0.6 is 11.6 Å². The standard InChI is InChI=1S/C13H17ClN4O2S/c1-3-15-8-12-13(9(2)16-17-12)21(19,20)18-11-6-4-10(14)5-7-11/h4-7,15,18H,3,8H2,1-2H3,(H,16,17). The fraction of sp³-hybridized carbons (Fsp3) is 0.308. The van der Waals surface area contributed by atoms with Crippen molar-refractivity contribution in [3.05, 3.63) is 40.7 Å². The molecule has 0 atom stereocenters. The van der Waals surface area contributed by atoms with Crippen molar-refractivity contribution in [1.29, 1.82) is 0 Å². The molecule has 0 saturated heterocycles. The van der Waals surface area contributed by atoms with Gasteiger partial charge in [0.05, 0.1) is 11.4 Å². The van der Waals surface area contributed by atoms with E-state index in [1.807, 2.05) is 6.92 Å². The molecule has 0 radical (unpaired) electrons. The minimum absolute atomic E-state index is 0.179. The Morgan fingerprint density at radius 2 is 1.95 bits per heavy atom. The molecule has 8 heteroatoms. The molecule has 0 aliphatic carbocycles. The number of sulfonamides is 1. The van der Waals surface area contributed by atoms with Crippen molar-refractivity contribution < 1.29 is 8.42 Å². The van der Waals surface area contributed by atoms with Crippen molar-refractivity contribution in [3.8, 4) is 0 Å². The maximum atomic E-state index is 12.5. The second kappa shape index (κ2) is 6.46. The van der Waals surface area contributed by atoms with Crippen LogP contribution in [0.1, 0.15) is 18.3 Å². The average molecular weight is 329 g/mol. The molecule has 0 fully saturated rings. The molecular weight excluding hydrogens is 312 g/mol. The summed E-state index contributed by atoms with van der Waals surface area (Å²) in [5, 5.41) is 10.4. The first-order chi connectivity index (χ1) is 9.94. The number of aromatic amines is 1. The molecule has 2 rings (SSSR count). The number of nitrogens with zero attached hydrogens (tertiary/aromatic N) is 1. The van der Waals surface area contributed by atoms with Crippen LogP contribution in [0.4, 0.5) is 5.69 Å². The van der Waals surface area contributed by atoms with Crippen molar-refractivity contribution in [2.75, 3.05) is 11.3 Å². The summed E-state index contributed by atoms with van der Waals surface area (Å²) in [6, 6.07) is 6.47. The molecule has 2 aromatic rings. The van der Waals surface area contributed by atoms with Gasteiger partial charge in [-0.1, -0.05) is 18.5 Å². The second-order valence-corrected chi connectivity index (χ2v) is 6.57. The summed E-state index contributed by atoms with van der Waals surface area (Å²) in [7, 11) is -3.70. The van der Waals surface area contributed by atoms with Crippen LogP contribution in [0.15, 0.2) is 29.2 Å². The highest BCUT2D eigenvalue weighted by atomic mass is 35.5. The molecule has 1 heterocycles. The van der Waals surface area contributed by atoms with Crippen LogP contribution in [0.2, 0.25) is 5.02 Å². The van der Waals surface area contributed by atoms with Crippen LogP contribution in [0.25, 0.3) is 0 Å². The molecule has 0 amide bonds. The molecule has 0 unspecified atom stereocenters. The molecule has 0 saturated carbocycles. The number of aryl methyl sites for hydroxylation is 1. The Morgan fingerprint density at radius 3 is 2.57 bits per heavy atom. The zero-order valence-electron chi connectivity index (χ0n) is 11.8. The number of aromatic nitrogens is 2. The zero-order valence-corrected chi connectivity index (χ0v) is 13.3. The largest absolute Gasteiger partial charge is 0.311 e. The maximum absolute atomic E-state index is 12.5. The first kappa shape index (κ1) is 15.8. The third-order valence-electron chi connectivity index (χ3n) is 2.87. The van der Waals surface area contributed by atoms with Crippen molar-refractivity contribution in [1.82, 2.24) is 15.5 Å². The van der Waals surface area contributed by atoms with E-state index in [1.165, 1.54) is 0 Å². The van der Waals surface area contributed by atoms with Gasteiger partial charge in [0.2, 0.25) is 0 Å². The number of nitrogens with one attached hydrogen (secondary N) is 3. The van der Waals surface area contributed by atoms with Gasteiger partial charge >= 0.3 is 0 Å². The fourth-order valence-corrected chi connectivity index (χ4v) is 3.46. The van der Waals surface area contributed by atoms with E-state index in [0.717, 1.165) is 6.54 Å². The van der Waals surface area contributed by atoms with Gasteiger partial charge in [-0.25, -0.2) is 8.42 Å². The van der Waals surface area contributed by atoms with E-state index < -0.39 is 10.0 Å². The number of anilines is 1. The lowest BCUT2D eigenvalue weighted by Crippen LogP contribution is -2.19. The molecule has 0 bridgehead atoms. The zero-order chi connectivity index (χ0) is 15.5. The Morgan fingerprint density at radius 1 is 1.29 bits per heavy atom.